The lowest BCUT2D eigenvalue weighted by Crippen LogP contribution is -2.07. The highest BCUT2D eigenvalue weighted by molar-refractivity contribution is 5.47. The van der Waals surface area contributed by atoms with Crippen LogP contribution in [-0.4, -0.2) is 4.57 Å². The fourth-order valence-corrected chi connectivity index (χ4v) is 1.45. The van der Waals surface area contributed by atoms with Crippen LogP contribution >= 0.6 is 0 Å². The smallest absolute Gasteiger partial charge is 0.0406 e. The van der Waals surface area contributed by atoms with E-state index in [1.807, 2.05) is 0 Å². The highest BCUT2D eigenvalue weighted by Gasteiger charge is 2.08. The molecule has 1 aromatic heterocycles. The lowest BCUT2D eigenvalue weighted by atomic mass is 10.1. The van der Waals surface area contributed by atoms with Gasteiger partial charge in [0.15, 0.2) is 0 Å². The molecule has 0 unspecified atom stereocenters. The molecule has 1 heteroatoms. The Morgan fingerprint density at radius 3 is 3.30 bits per heavy atom. The van der Waals surface area contributed by atoms with Gasteiger partial charge in [0, 0.05) is 17.9 Å². The summed E-state index contributed by atoms with van der Waals surface area (Å²) in [5.74, 6) is 0. The van der Waals surface area contributed by atoms with E-state index in [0.717, 1.165) is 0 Å². The van der Waals surface area contributed by atoms with Crippen molar-refractivity contribution in [1.29, 1.82) is 0 Å². The first-order valence-corrected chi connectivity index (χ1v) is 3.71. The zero-order valence-electron chi connectivity index (χ0n) is 6.12. The molecule has 1 nitrogen and oxygen atoms in total. The zero-order valence-corrected chi connectivity index (χ0v) is 6.12. The first-order chi connectivity index (χ1) is 4.88. The first-order valence-electron chi connectivity index (χ1n) is 3.71. The fourth-order valence-electron chi connectivity index (χ4n) is 1.45. The third-order valence-electron chi connectivity index (χ3n) is 2.05. The molecule has 0 amide bonds. The third kappa shape index (κ3) is 0.703. The van der Waals surface area contributed by atoms with Gasteiger partial charge in [0.05, 0.1) is 0 Å². The standard InChI is InChI=1S/C9H11N/c1-8-4-2-5-9-6-3-7-10(8)9/h2-3,5-8H,4H2,1H3/t8-/m1/s1. The second-order valence-corrected chi connectivity index (χ2v) is 2.83. The summed E-state index contributed by atoms with van der Waals surface area (Å²) in [4.78, 5) is 0. The monoisotopic (exact) mass is 133 g/mol. The van der Waals surface area contributed by atoms with Crippen molar-refractivity contribution in [2.45, 2.75) is 19.4 Å². The molecule has 10 heavy (non-hydrogen) atoms. The molecule has 1 aliphatic heterocycles. The second kappa shape index (κ2) is 2.01. The van der Waals surface area contributed by atoms with Gasteiger partial charge in [0.1, 0.15) is 0 Å². The summed E-state index contributed by atoms with van der Waals surface area (Å²) < 4.78 is 2.31. The highest BCUT2D eigenvalue weighted by atomic mass is 15.0. The van der Waals surface area contributed by atoms with Gasteiger partial charge in [-0.15, -0.1) is 0 Å². The van der Waals surface area contributed by atoms with Gasteiger partial charge >= 0.3 is 0 Å². The van der Waals surface area contributed by atoms with Crippen molar-refractivity contribution in [3.8, 4) is 0 Å². The van der Waals surface area contributed by atoms with E-state index in [-0.39, 0.29) is 0 Å². The van der Waals surface area contributed by atoms with E-state index < -0.39 is 0 Å². The summed E-state index contributed by atoms with van der Waals surface area (Å²) in [7, 11) is 0. The van der Waals surface area contributed by atoms with Crippen molar-refractivity contribution >= 4 is 6.08 Å². The minimum Gasteiger partial charge on any atom is -0.345 e. The van der Waals surface area contributed by atoms with Crippen LogP contribution in [0.3, 0.4) is 0 Å². The van der Waals surface area contributed by atoms with Gasteiger partial charge in [0.2, 0.25) is 0 Å². The van der Waals surface area contributed by atoms with E-state index in [2.05, 4.69) is 42.0 Å². The third-order valence-corrected chi connectivity index (χ3v) is 2.05. The maximum atomic E-state index is 2.31. The Bertz CT molecular complexity index is 257. The number of hydrogen-bond acceptors (Lipinski definition) is 0. The average molecular weight is 133 g/mol. The Balaban J connectivity index is 2.52. The van der Waals surface area contributed by atoms with Crippen LogP contribution in [0.1, 0.15) is 25.1 Å². The van der Waals surface area contributed by atoms with Crippen LogP contribution in [-0.2, 0) is 0 Å². The van der Waals surface area contributed by atoms with E-state index in [4.69, 9.17) is 0 Å². The Morgan fingerprint density at radius 2 is 2.50 bits per heavy atom. The van der Waals surface area contributed by atoms with E-state index in [1.54, 1.807) is 0 Å². The number of aromatic nitrogens is 1. The molecule has 0 fully saturated rings. The van der Waals surface area contributed by atoms with Crippen molar-refractivity contribution in [1.82, 2.24) is 4.57 Å². The summed E-state index contributed by atoms with van der Waals surface area (Å²) >= 11 is 0. The lowest BCUT2D eigenvalue weighted by Gasteiger charge is -2.17. The molecule has 0 aliphatic carbocycles. The van der Waals surface area contributed by atoms with Gasteiger partial charge in [-0.1, -0.05) is 6.08 Å². The van der Waals surface area contributed by atoms with Crippen LogP contribution in [0, 0.1) is 0 Å². The molecule has 1 aliphatic rings. The van der Waals surface area contributed by atoms with Gasteiger partial charge < -0.3 is 4.57 Å². The van der Waals surface area contributed by atoms with Gasteiger partial charge in [0.25, 0.3) is 0 Å². The van der Waals surface area contributed by atoms with Crippen molar-refractivity contribution in [2.24, 2.45) is 0 Å². The Labute approximate surface area is 61.0 Å². The summed E-state index contributed by atoms with van der Waals surface area (Å²) in [6, 6.07) is 4.89. The van der Waals surface area contributed by atoms with Crippen LogP contribution in [0.4, 0.5) is 0 Å². The minimum atomic E-state index is 0.648. The van der Waals surface area contributed by atoms with E-state index in [9.17, 15) is 0 Å². The second-order valence-electron chi connectivity index (χ2n) is 2.83. The van der Waals surface area contributed by atoms with E-state index in [1.165, 1.54) is 12.1 Å². The Kier molecular flexibility index (Phi) is 1.16. The zero-order chi connectivity index (χ0) is 6.97. The largest absolute Gasteiger partial charge is 0.345 e. The van der Waals surface area contributed by atoms with Gasteiger partial charge in [-0.3, -0.25) is 0 Å². The number of nitrogens with zero attached hydrogens (tertiary/aromatic N) is 1. The molecule has 1 aromatic rings. The van der Waals surface area contributed by atoms with Crippen molar-refractivity contribution in [2.75, 3.05) is 0 Å². The lowest BCUT2D eigenvalue weighted by molar-refractivity contribution is 0.546. The molecule has 0 N–H and O–H groups in total. The number of allylic oxidation sites excluding steroid dienone is 1. The quantitative estimate of drug-likeness (QED) is 0.512. The number of rotatable bonds is 0. The predicted octanol–water partition coefficient (Wildman–Crippen LogP) is 2.47. The maximum absolute atomic E-state index is 2.31. The highest BCUT2D eigenvalue weighted by Crippen LogP contribution is 2.21. The number of hydrogen-bond donors (Lipinski definition) is 0. The van der Waals surface area contributed by atoms with Crippen LogP contribution in [0.2, 0.25) is 0 Å². The molecule has 0 radical (unpaired) electrons. The summed E-state index contributed by atoms with van der Waals surface area (Å²) in [5, 5.41) is 0. The molecule has 0 spiro atoms. The topological polar surface area (TPSA) is 4.93 Å². The molecule has 0 saturated heterocycles. The van der Waals surface area contributed by atoms with Gasteiger partial charge in [-0.25, -0.2) is 0 Å². The fraction of sp³-hybridized carbons (Fsp3) is 0.333. The summed E-state index contributed by atoms with van der Waals surface area (Å²) in [6.45, 7) is 2.24. The van der Waals surface area contributed by atoms with Crippen LogP contribution < -0.4 is 0 Å². The molecule has 0 aromatic carbocycles. The normalized spacial score (nSPS) is 22.7. The van der Waals surface area contributed by atoms with Gasteiger partial charge in [-0.2, -0.15) is 0 Å². The minimum absolute atomic E-state index is 0.648. The van der Waals surface area contributed by atoms with Crippen LogP contribution in [0.5, 0.6) is 0 Å². The SMILES string of the molecule is C[C@@H]1CC=Cc2cccn21. The Hall–Kier alpha value is -0.980. The molecule has 0 bridgehead atoms. The number of fused-ring (bicyclic) bond motifs is 1. The molecular weight excluding hydrogens is 122 g/mol. The molecule has 0 saturated carbocycles. The molecule has 2 heterocycles. The average Bonchev–Trinajstić information content (AvgIpc) is 2.36. The molecule has 52 valence electrons. The van der Waals surface area contributed by atoms with Crippen LogP contribution in [0.15, 0.2) is 24.4 Å². The van der Waals surface area contributed by atoms with Crippen molar-refractivity contribution in [3.05, 3.63) is 30.1 Å². The maximum Gasteiger partial charge on any atom is 0.0406 e. The summed E-state index contributed by atoms with van der Waals surface area (Å²) in [6.07, 6.45) is 7.73. The predicted molar refractivity (Wildman–Crippen MR) is 42.8 cm³/mol. The van der Waals surface area contributed by atoms with Gasteiger partial charge in [-0.05, 0) is 31.6 Å². The molecule has 1 atom stereocenters. The van der Waals surface area contributed by atoms with Crippen molar-refractivity contribution < 1.29 is 0 Å². The van der Waals surface area contributed by atoms with E-state index >= 15 is 0 Å². The first kappa shape index (κ1) is 5.78. The van der Waals surface area contributed by atoms with E-state index in [0.29, 0.717) is 6.04 Å². The molecule has 2 rings (SSSR count). The Morgan fingerprint density at radius 1 is 1.60 bits per heavy atom. The van der Waals surface area contributed by atoms with Crippen LogP contribution in [0.25, 0.3) is 6.08 Å². The summed E-state index contributed by atoms with van der Waals surface area (Å²) in [5.41, 5.74) is 1.33. The molecular formula is C9H11N. The van der Waals surface area contributed by atoms with Crippen molar-refractivity contribution in [3.63, 3.8) is 0 Å².